The summed E-state index contributed by atoms with van der Waals surface area (Å²) in [5, 5.41) is 1.69. The summed E-state index contributed by atoms with van der Waals surface area (Å²) in [6.07, 6.45) is 2.45. The summed E-state index contributed by atoms with van der Waals surface area (Å²) < 4.78 is 26.0. The van der Waals surface area contributed by atoms with Crippen molar-refractivity contribution in [3.63, 3.8) is 0 Å². The molecule has 2 aliphatic rings. The zero-order valence-electron chi connectivity index (χ0n) is 17.3. The highest BCUT2D eigenvalue weighted by molar-refractivity contribution is 7.99. The Morgan fingerprint density at radius 2 is 1.75 bits per heavy atom. The second-order valence-electron chi connectivity index (χ2n) is 8.55. The normalized spacial score (nSPS) is 20.3. The van der Waals surface area contributed by atoms with Crippen molar-refractivity contribution in [2.75, 3.05) is 17.3 Å². The SMILES string of the molecule is O=C(CSc1nc2ccccc2c2nc3ccccc3n12)N(C1CC1)[C@@H]1CCS(=O)(=O)C1. The maximum Gasteiger partial charge on any atom is 0.233 e. The van der Waals surface area contributed by atoms with E-state index in [-0.39, 0.29) is 35.2 Å². The van der Waals surface area contributed by atoms with Crippen molar-refractivity contribution in [1.29, 1.82) is 0 Å². The molecule has 4 aromatic rings. The van der Waals surface area contributed by atoms with Crippen molar-refractivity contribution in [3.05, 3.63) is 48.5 Å². The van der Waals surface area contributed by atoms with Gasteiger partial charge in [0.05, 0.1) is 33.8 Å². The maximum absolute atomic E-state index is 13.3. The van der Waals surface area contributed by atoms with Gasteiger partial charge in [-0.1, -0.05) is 36.0 Å². The van der Waals surface area contributed by atoms with Gasteiger partial charge in [0.2, 0.25) is 5.91 Å². The molecule has 1 saturated carbocycles. The van der Waals surface area contributed by atoms with E-state index < -0.39 is 9.84 Å². The first-order valence-electron chi connectivity index (χ1n) is 10.8. The first-order chi connectivity index (χ1) is 15.5. The van der Waals surface area contributed by atoms with Crippen LogP contribution in [0.3, 0.4) is 0 Å². The van der Waals surface area contributed by atoms with Gasteiger partial charge < -0.3 is 4.90 Å². The number of carbonyl (C=O) groups excluding carboxylic acids is 1. The summed E-state index contributed by atoms with van der Waals surface area (Å²) in [5.41, 5.74) is 3.50. The number of fused-ring (bicyclic) bond motifs is 5. The molecule has 1 aliphatic carbocycles. The van der Waals surface area contributed by atoms with Crippen molar-refractivity contribution < 1.29 is 13.2 Å². The summed E-state index contributed by atoms with van der Waals surface area (Å²) in [4.78, 5) is 24.8. The highest BCUT2D eigenvalue weighted by atomic mass is 32.2. The largest absolute Gasteiger partial charge is 0.335 e. The number of para-hydroxylation sites is 3. The Morgan fingerprint density at radius 3 is 2.50 bits per heavy atom. The Labute approximate surface area is 189 Å². The van der Waals surface area contributed by atoms with Gasteiger partial charge in [-0.3, -0.25) is 9.20 Å². The number of amides is 1. The van der Waals surface area contributed by atoms with Crippen LogP contribution < -0.4 is 0 Å². The zero-order chi connectivity index (χ0) is 21.9. The van der Waals surface area contributed by atoms with Crippen LogP contribution in [0.1, 0.15) is 19.3 Å². The lowest BCUT2D eigenvalue weighted by Crippen LogP contribution is -2.43. The van der Waals surface area contributed by atoms with E-state index in [4.69, 9.17) is 9.97 Å². The van der Waals surface area contributed by atoms with Gasteiger partial charge in [0.15, 0.2) is 15.0 Å². The van der Waals surface area contributed by atoms with Gasteiger partial charge in [-0.2, -0.15) is 0 Å². The zero-order valence-corrected chi connectivity index (χ0v) is 19.0. The van der Waals surface area contributed by atoms with Gasteiger partial charge in [-0.05, 0) is 43.5 Å². The molecular weight excluding hydrogens is 444 g/mol. The number of benzene rings is 2. The molecule has 2 fully saturated rings. The number of nitrogens with zero attached hydrogens (tertiary/aromatic N) is 4. The lowest BCUT2D eigenvalue weighted by atomic mass is 10.2. The van der Waals surface area contributed by atoms with Gasteiger partial charge >= 0.3 is 0 Å². The van der Waals surface area contributed by atoms with Crippen molar-refractivity contribution in [2.24, 2.45) is 0 Å². The van der Waals surface area contributed by atoms with Crippen LogP contribution in [-0.2, 0) is 14.6 Å². The number of hydrogen-bond acceptors (Lipinski definition) is 6. The first kappa shape index (κ1) is 20.0. The molecule has 32 heavy (non-hydrogen) atoms. The Kier molecular flexibility index (Phi) is 4.65. The van der Waals surface area contributed by atoms with Crippen molar-refractivity contribution in [3.8, 4) is 0 Å². The summed E-state index contributed by atoms with van der Waals surface area (Å²) in [6.45, 7) is 0. The molecule has 6 rings (SSSR count). The van der Waals surface area contributed by atoms with Crippen molar-refractivity contribution in [2.45, 2.75) is 36.5 Å². The molecule has 164 valence electrons. The molecule has 9 heteroatoms. The topological polar surface area (TPSA) is 84.6 Å². The van der Waals surface area contributed by atoms with E-state index in [9.17, 15) is 13.2 Å². The third-order valence-electron chi connectivity index (χ3n) is 6.27. The number of sulfone groups is 1. The monoisotopic (exact) mass is 466 g/mol. The fourth-order valence-corrected chi connectivity index (χ4v) is 7.25. The Morgan fingerprint density at radius 1 is 1.00 bits per heavy atom. The van der Waals surface area contributed by atoms with E-state index in [1.807, 2.05) is 57.8 Å². The standard InChI is InChI=1S/C23H22N4O3S2/c28-21(26(15-9-10-15)16-11-12-32(29,30)14-16)13-31-23-25-18-6-2-1-5-17(18)22-24-19-7-3-4-8-20(19)27(22)23/h1-8,15-16H,9-14H2/t16-/m1/s1. The Hall–Kier alpha value is -2.65. The van der Waals surface area contributed by atoms with E-state index in [1.165, 1.54) is 11.8 Å². The van der Waals surface area contributed by atoms with Gasteiger partial charge in [0.25, 0.3) is 0 Å². The predicted octanol–water partition coefficient (Wildman–Crippen LogP) is 3.31. The number of hydrogen-bond donors (Lipinski definition) is 0. The third kappa shape index (κ3) is 3.44. The lowest BCUT2D eigenvalue weighted by Gasteiger charge is -2.28. The minimum absolute atomic E-state index is 0.00729. The second kappa shape index (κ2) is 7.45. The van der Waals surface area contributed by atoms with E-state index in [2.05, 4.69) is 0 Å². The van der Waals surface area contributed by atoms with E-state index in [0.29, 0.717) is 6.42 Å². The molecule has 0 spiro atoms. The molecule has 1 aliphatic heterocycles. The molecule has 0 unspecified atom stereocenters. The van der Waals surface area contributed by atoms with Crippen LogP contribution in [0.4, 0.5) is 0 Å². The van der Waals surface area contributed by atoms with E-state index in [0.717, 1.165) is 45.6 Å². The average Bonchev–Trinajstić information content (AvgIpc) is 3.43. The van der Waals surface area contributed by atoms with Crippen LogP contribution >= 0.6 is 11.8 Å². The number of carbonyl (C=O) groups is 1. The highest BCUT2D eigenvalue weighted by Crippen LogP contribution is 2.34. The summed E-state index contributed by atoms with van der Waals surface area (Å²) in [5.74, 6) is 0.479. The number of aromatic nitrogens is 3. The predicted molar refractivity (Wildman–Crippen MR) is 126 cm³/mol. The summed E-state index contributed by atoms with van der Waals surface area (Å²) in [7, 11) is -3.04. The fraction of sp³-hybridized carbons (Fsp3) is 0.348. The Balaban J connectivity index is 1.36. The minimum atomic E-state index is -3.04. The third-order valence-corrected chi connectivity index (χ3v) is 8.94. The number of thioether (sulfide) groups is 1. The molecule has 7 nitrogen and oxygen atoms in total. The lowest BCUT2D eigenvalue weighted by molar-refractivity contribution is -0.130. The smallest absolute Gasteiger partial charge is 0.233 e. The number of rotatable bonds is 5. The van der Waals surface area contributed by atoms with Crippen LogP contribution in [0.25, 0.3) is 27.6 Å². The molecule has 1 amide bonds. The molecule has 0 N–H and O–H groups in total. The fourth-order valence-electron chi connectivity index (χ4n) is 4.66. The average molecular weight is 467 g/mol. The van der Waals surface area contributed by atoms with Crippen molar-refractivity contribution >= 4 is 55.1 Å². The van der Waals surface area contributed by atoms with Gasteiger partial charge in [0.1, 0.15) is 5.65 Å². The van der Waals surface area contributed by atoms with Gasteiger partial charge in [-0.15, -0.1) is 0 Å². The summed E-state index contributed by atoms with van der Waals surface area (Å²) in [6, 6.07) is 15.8. The maximum atomic E-state index is 13.3. The molecule has 2 aromatic heterocycles. The molecule has 1 saturated heterocycles. The number of imidazole rings is 1. The molecule has 1 atom stereocenters. The quantitative estimate of drug-likeness (QED) is 0.331. The first-order valence-corrected chi connectivity index (χ1v) is 13.6. The van der Waals surface area contributed by atoms with Crippen LogP contribution in [0.15, 0.2) is 53.7 Å². The Bertz CT molecular complexity index is 1480. The van der Waals surface area contributed by atoms with Crippen LogP contribution in [0, 0.1) is 0 Å². The van der Waals surface area contributed by atoms with E-state index in [1.54, 1.807) is 0 Å². The molecule has 3 heterocycles. The minimum Gasteiger partial charge on any atom is -0.335 e. The van der Waals surface area contributed by atoms with Gasteiger partial charge in [-0.25, -0.2) is 18.4 Å². The van der Waals surface area contributed by atoms with Crippen LogP contribution in [0.5, 0.6) is 0 Å². The molecule has 2 aromatic carbocycles. The van der Waals surface area contributed by atoms with Gasteiger partial charge in [0, 0.05) is 17.5 Å². The molecule has 0 radical (unpaired) electrons. The molecule has 0 bridgehead atoms. The van der Waals surface area contributed by atoms with E-state index >= 15 is 0 Å². The second-order valence-corrected chi connectivity index (χ2v) is 11.7. The van der Waals surface area contributed by atoms with Crippen molar-refractivity contribution in [1.82, 2.24) is 19.3 Å². The van der Waals surface area contributed by atoms with Crippen LogP contribution in [-0.4, -0.2) is 62.9 Å². The summed E-state index contributed by atoms with van der Waals surface area (Å²) >= 11 is 1.40. The molecular formula is C23H22N4O3S2. The highest BCUT2D eigenvalue weighted by Gasteiger charge is 2.42. The van der Waals surface area contributed by atoms with Crippen LogP contribution in [0.2, 0.25) is 0 Å².